The molecule has 0 atom stereocenters. The van der Waals surface area contributed by atoms with Crippen molar-refractivity contribution in [1.82, 2.24) is 14.8 Å². The van der Waals surface area contributed by atoms with Gasteiger partial charge in [0, 0.05) is 18.1 Å². The topological polar surface area (TPSA) is 59.8 Å². The number of anilines is 1. The molecule has 1 N–H and O–H groups in total. The maximum absolute atomic E-state index is 12.1. The van der Waals surface area contributed by atoms with Crippen LogP contribution >= 0.6 is 22.7 Å². The summed E-state index contributed by atoms with van der Waals surface area (Å²) in [5, 5.41) is 11.4. The lowest BCUT2D eigenvalue weighted by Crippen LogP contribution is -2.12. The van der Waals surface area contributed by atoms with Gasteiger partial charge in [-0.1, -0.05) is 6.07 Å². The molecule has 102 valence electrons. The number of hydrogen-bond donors (Lipinski definition) is 1. The molecule has 5 nitrogen and oxygen atoms in total. The molecule has 3 rings (SSSR count). The molecule has 0 radical (unpaired) electrons. The van der Waals surface area contributed by atoms with E-state index in [4.69, 9.17) is 0 Å². The Balaban J connectivity index is 1.76. The number of thiophene rings is 1. The highest BCUT2D eigenvalue weighted by Gasteiger charge is 2.13. The van der Waals surface area contributed by atoms with Crippen molar-refractivity contribution in [2.45, 2.75) is 6.92 Å². The van der Waals surface area contributed by atoms with Crippen molar-refractivity contribution >= 4 is 33.7 Å². The van der Waals surface area contributed by atoms with Crippen molar-refractivity contribution in [2.75, 3.05) is 5.32 Å². The lowest BCUT2D eigenvalue weighted by Gasteiger charge is -1.97. The van der Waals surface area contributed by atoms with E-state index in [0.29, 0.717) is 10.8 Å². The summed E-state index contributed by atoms with van der Waals surface area (Å²) in [4.78, 5) is 17.6. The number of carbonyl (C=O) groups is 1. The zero-order valence-corrected chi connectivity index (χ0v) is 12.6. The smallest absolute Gasteiger partial charge is 0.277 e. The molecule has 7 heteroatoms. The molecule has 3 aromatic rings. The highest BCUT2D eigenvalue weighted by molar-refractivity contribution is 7.16. The lowest BCUT2D eigenvalue weighted by atomic mass is 10.3. The average Bonchev–Trinajstić information content (AvgIpc) is 3.11. The van der Waals surface area contributed by atoms with Crippen LogP contribution < -0.4 is 5.32 Å². The summed E-state index contributed by atoms with van der Waals surface area (Å²) in [5.41, 5.74) is 2.23. The van der Waals surface area contributed by atoms with Crippen LogP contribution in [0, 0.1) is 6.92 Å². The SMILES string of the molecule is Cc1cc(C(=O)Nc2nc(-c3cccs3)cs2)nn1C. The molecule has 0 bridgehead atoms. The van der Waals surface area contributed by atoms with Gasteiger partial charge in [0.15, 0.2) is 10.8 Å². The summed E-state index contributed by atoms with van der Waals surface area (Å²) in [6.45, 7) is 1.90. The van der Waals surface area contributed by atoms with Crippen molar-refractivity contribution in [2.24, 2.45) is 7.05 Å². The zero-order valence-electron chi connectivity index (χ0n) is 11.0. The Bertz CT molecular complexity index is 723. The molecule has 0 aliphatic heterocycles. The maximum atomic E-state index is 12.1. The summed E-state index contributed by atoms with van der Waals surface area (Å²) in [7, 11) is 1.81. The van der Waals surface area contributed by atoms with E-state index in [9.17, 15) is 4.79 Å². The second kappa shape index (κ2) is 5.18. The van der Waals surface area contributed by atoms with Crippen molar-refractivity contribution in [3.05, 3.63) is 40.3 Å². The summed E-state index contributed by atoms with van der Waals surface area (Å²) >= 11 is 3.04. The Labute approximate surface area is 123 Å². The number of amides is 1. The van der Waals surface area contributed by atoms with Gasteiger partial charge in [-0.2, -0.15) is 5.10 Å². The fraction of sp³-hybridized carbons (Fsp3) is 0.154. The molecular formula is C13H12N4OS2. The fourth-order valence-corrected chi connectivity index (χ4v) is 3.17. The van der Waals surface area contributed by atoms with Gasteiger partial charge in [-0.15, -0.1) is 22.7 Å². The van der Waals surface area contributed by atoms with Crippen LogP contribution in [0.1, 0.15) is 16.2 Å². The van der Waals surface area contributed by atoms with Crippen LogP contribution in [0.4, 0.5) is 5.13 Å². The standard InChI is InChI=1S/C13H12N4OS2/c1-8-6-9(16-17(8)2)12(18)15-13-14-10(7-20-13)11-4-3-5-19-11/h3-7H,1-2H3,(H,14,15,18). The molecule has 0 aliphatic rings. The van der Waals surface area contributed by atoms with Crippen LogP contribution in [-0.4, -0.2) is 20.7 Å². The van der Waals surface area contributed by atoms with Crippen LogP contribution in [0.2, 0.25) is 0 Å². The predicted octanol–water partition coefficient (Wildman–Crippen LogP) is 3.17. The third-order valence-corrected chi connectivity index (χ3v) is 4.49. The van der Waals surface area contributed by atoms with Crippen LogP contribution in [0.3, 0.4) is 0 Å². The number of hydrogen-bond acceptors (Lipinski definition) is 5. The first-order chi connectivity index (χ1) is 9.63. The molecule has 0 fully saturated rings. The van der Waals surface area contributed by atoms with E-state index < -0.39 is 0 Å². The molecule has 0 saturated heterocycles. The van der Waals surface area contributed by atoms with Crippen LogP contribution in [-0.2, 0) is 7.05 Å². The predicted molar refractivity (Wildman–Crippen MR) is 81.3 cm³/mol. The molecule has 20 heavy (non-hydrogen) atoms. The lowest BCUT2D eigenvalue weighted by molar-refractivity contribution is 0.102. The molecule has 0 aliphatic carbocycles. The summed E-state index contributed by atoms with van der Waals surface area (Å²) < 4.78 is 1.67. The number of nitrogens with zero attached hydrogens (tertiary/aromatic N) is 3. The first-order valence-electron chi connectivity index (χ1n) is 5.95. The van der Waals surface area contributed by atoms with Crippen LogP contribution in [0.5, 0.6) is 0 Å². The van der Waals surface area contributed by atoms with Gasteiger partial charge < -0.3 is 0 Å². The van der Waals surface area contributed by atoms with Crippen molar-refractivity contribution in [3.8, 4) is 10.6 Å². The second-order valence-corrected chi connectivity index (χ2v) is 6.07. The quantitative estimate of drug-likeness (QED) is 0.808. The first-order valence-corrected chi connectivity index (χ1v) is 7.71. The summed E-state index contributed by atoms with van der Waals surface area (Å²) in [5.74, 6) is -0.235. The van der Waals surface area contributed by atoms with E-state index in [1.165, 1.54) is 11.3 Å². The van der Waals surface area contributed by atoms with E-state index in [2.05, 4.69) is 15.4 Å². The van der Waals surface area contributed by atoms with Gasteiger partial charge in [-0.05, 0) is 24.4 Å². The van der Waals surface area contributed by atoms with E-state index in [-0.39, 0.29) is 5.91 Å². The zero-order chi connectivity index (χ0) is 14.1. The second-order valence-electron chi connectivity index (χ2n) is 4.26. The minimum Gasteiger partial charge on any atom is -0.296 e. The van der Waals surface area contributed by atoms with Crippen molar-refractivity contribution in [1.29, 1.82) is 0 Å². The van der Waals surface area contributed by atoms with E-state index in [1.807, 2.05) is 36.9 Å². The van der Waals surface area contributed by atoms with Gasteiger partial charge in [-0.25, -0.2) is 4.98 Å². The summed E-state index contributed by atoms with van der Waals surface area (Å²) in [6.07, 6.45) is 0. The molecule has 3 heterocycles. The van der Waals surface area contributed by atoms with Gasteiger partial charge in [0.05, 0.1) is 10.6 Å². The monoisotopic (exact) mass is 304 g/mol. The fourth-order valence-electron chi connectivity index (χ4n) is 1.70. The Morgan fingerprint density at radius 3 is 2.90 bits per heavy atom. The average molecular weight is 304 g/mol. The highest BCUT2D eigenvalue weighted by Crippen LogP contribution is 2.28. The number of aryl methyl sites for hydroxylation is 2. The van der Waals surface area contributed by atoms with Crippen molar-refractivity contribution < 1.29 is 4.79 Å². The van der Waals surface area contributed by atoms with Crippen molar-refractivity contribution in [3.63, 3.8) is 0 Å². The number of rotatable bonds is 3. The molecule has 0 unspecified atom stereocenters. The van der Waals surface area contributed by atoms with Crippen LogP contribution in [0.25, 0.3) is 10.6 Å². The third-order valence-electron chi connectivity index (χ3n) is 2.84. The Hall–Kier alpha value is -1.99. The maximum Gasteiger partial charge on any atom is 0.277 e. The minimum absolute atomic E-state index is 0.235. The Morgan fingerprint density at radius 2 is 2.25 bits per heavy atom. The van der Waals surface area contributed by atoms with E-state index in [0.717, 1.165) is 16.3 Å². The highest BCUT2D eigenvalue weighted by atomic mass is 32.1. The van der Waals surface area contributed by atoms with E-state index in [1.54, 1.807) is 22.1 Å². The Kier molecular flexibility index (Phi) is 3.37. The van der Waals surface area contributed by atoms with Gasteiger partial charge in [0.2, 0.25) is 0 Å². The molecule has 0 aromatic carbocycles. The van der Waals surface area contributed by atoms with Gasteiger partial charge in [-0.3, -0.25) is 14.8 Å². The largest absolute Gasteiger partial charge is 0.296 e. The molecule has 3 aromatic heterocycles. The molecule has 0 saturated carbocycles. The third kappa shape index (κ3) is 2.50. The van der Waals surface area contributed by atoms with Gasteiger partial charge >= 0.3 is 0 Å². The number of thiazole rings is 1. The number of aromatic nitrogens is 3. The van der Waals surface area contributed by atoms with Crippen LogP contribution in [0.15, 0.2) is 29.0 Å². The molecule has 0 spiro atoms. The normalized spacial score (nSPS) is 10.7. The number of nitrogens with one attached hydrogen (secondary N) is 1. The molecular weight excluding hydrogens is 292 g/mol. The van der Waals surface area contributed by atoms with Gasteiger partial charge in [0.25, 0.3) is 5.91 Å². The summed E-state index contributed by atoms with van der Waals surface area (Å²) in [6, 6.07) is 5.74. The van der Waals surface area contributed by atoms with E-state index >= 15 is 0 Å². The minimum atomic E-state index is -0.235. The number of carbonyl (C=O) groups excluding carboxylic acids is 1. The van der Waals surface area contributed by atoms with Gasteiger partial charge in [0.1, 0.15) is 0 Å². The Morgan fingerprint density at radius 1 is 1.40 bits per heavy atom. The molecule has 1 amide bonds. The first kappa shape index (κ1) is 13.0.